The van der Waals surface area contributed by atoms with Gasteiger partial charge in [0.25, 0.3) is 0 Å². The van der Waals surface area contributed by atoms with Crippen LogP contribution in [0.3, 0.4) is 0 Å². The molecule has 0 radical (unpaired) electrons. The molecule has 0 aliphatic heterocycles. The lowest BCUT2D eigenvalue weighted by molar-refractivity contribution is 0.701. The molecule has 1 fully saturated rings. The normalized spacial score (nSPS) is 18.4. The standard InChI is InChI=1S/C12H17BrS/c1-2-10-5-6-11(14-10)7-8-12(13)9-3-4-9/h5-6,9,12H,2-4,7-8H2,1H3. The van der Waals surface area contributed by atoms with Gasteiger partial charge in [-0.25, -0.2) is 0 Å². The predicted molar refractivity (Wildman–Crippen MR) is 67.5 cm³/mol. The van der Waals surface area contributed by atoms with Crippen LogP contribution in [0.25, 0.3) is 0 Å². The van der Waals surface area contributed by atoms with E-state index in [1.807, 2.05) is 11.3 Å². The van der Waals surface area contributed by atoms with Gasteiger partial charge in [-0.2, -0.15) is 0 Å². The van der Waals surface area contributed by atoms with Gasteiger partial charge in [-0.15, -0.1) is 11.3 Å². The lowest BCUT2D eigenvalue weighted by atomic mass is 10.1. The summed E-state index contributed by atoms with van der Waals surface area (Å²) in [5.74, 6) is 0.987. The van der Waals surface area contributed by atoms with Crippen LogP contribution < -0.4 is 0 Å². The third kappa shape index (κ3) is 2.83. The van der Waals surface area contributed by atoms with E-state index in [-0.39, 0.29) is 0 Å². The van der Waals surface area contributed by atoms with E-state index in [9.17, 15) is 0 Å². The van der Waals surface area contributed by atoms with Gasteiger partial charge in [-0.05, 0) is 50.2 Å². The molecule has 0 nitrogen and oxygen atoms in total. The first kappa shape index (κ1) is 10.7. The van der Waals surface area contributed by atoms with Crippen LogP contribution >= 0.6 is 27.3 Å². The second kappa shape index (κ2) is 4.80. The molecule has 2 heteroatoms. The van der Waals surface area contributed by atoms with Crippen molar-refractivity contribution in [2.45, 2.75) is 43.9 Å². The fraction of sp³-hybridized carbons (Fsp3) is 0.667. The third-order valence-electron chi connectivity index (χ3n) is 2.87. The highest BCUT2D eigenvalue weighted by atomic mass is 79.9. The van der Waals surface area contributed by atoms with Crippen LogP contribution in [0.4, 0.5) is 0 Å². The first-order valence-corrected chi connectivity index (χ1v) is 7.24. The Morgan fingerprint density at radius 3 is 2.71 bits per heavy atom. The minimum atomic E-state index is 0.773. The van der Waals surface area contributed by atoms with Crippen LogP contribution in [0.15, 0.2) is 12.1 Å². The number of aryl methyl sites for hydroxylation is 2. The van der Waals surface area contributed by atoms with Crippen molar-refractivity contribution in [3.05, 3.63) is 21.9 Å². The Bertz CT molecular complexity index is 288. The first-order chi connectivity index (χ1) is 6.79. The van der Waals surface area contributed by atoms with Crippen LogP contribution in [-0.2, 0) is 12.8 Å². The van der Waals surface area contributed by atoms with Crippen molar-refractivity contribution in [2.75, 3.05) is 0 Å². The third-order valence-corrected chi connectivity index (χ3v) is 5.36. The highest BCUT2D eigenvalue weighted by molar-refractivity contribution is 9.09. The zero-order valence-electron chi connectivity index (χ0n) is 8.63. The summed E-state index contributed by atoms with van der Waals surface area (Å²) in [6.45, 7) is 2.23. The Hall–Kier alpha value is 0.180. The molecule has 1 aliphatic rings. The number of alkyl halides is 1. The van der Waals surface area contributed by atoms with E-state index >= 15 is 0 Å². The molecule has 1 aromatic rings. The Labute approximate surface area is 98.9 Å². The summed E-state index contributed by atoms with van der Waals surface area (Å²) in [5.41, 5.74) is 0. The molecule has 0 saturated heterocycles. The summed E-state index contributed by atoms with van der Waals surface area (Å²) in [6, 6.07) is 4.58. The molecule has 0 amide bonds. The summed E-state index contributed by atoms with van der Waals surface area (Å²) < 4.78 is 0. The van der Waals surface area contributed by atoms with Gasteiger partial charge in [-0.3, -0.25) is 0 Å². The molecule has 2 rings (SSSR count). The van der Waals surface area contributed by atoms with Crippen molar-refractivity contribution in [3.8, 4) is 0 Å². The van der Waals surface area contributed by atoms with Crippen LogP contribution in [0.5, 0.6) is 0 Å². The molecular formula is C12H17BrS. The smallest absolute Gasteiger partial charge is 0.0177 e. The Morgan fingerprint density at radius 1 is 1.43 bits per heavy atom. The van der Waals surface area contributed by atoms with E-state index in [0.717, 1.165) is 10.7 Å². The lowest BCUT2D eigenvalue weighted by Gasteiger charge is -2.05. The fourth-order valence-corrected chi connectivity index (χ4v) is 3.45. The maximum atomic E-state index is 3.79. The van der Waals surface area contributed by atoms with Gasteiger partial charge in [-0.1, -0.05) is 22.9 Å². The molecule has 0 bridgehead atoms. The second-order valence-corrected chi connectivity index (χ2v) is 6.54. The van der Waals surface area contributed by atoms with E-state index < -0.39 is 0 Å². The number of thiophene rings is 1. The molecule has 0 N–H and O–H groups in total. The molecule has 0 spiro atoms. The van der Waals surface area contributed by atoms with Gasteiger partial charge >= 0.3 is 0 Å². The Morgan fingerprint density at radius 2 is 2.14 bits per heavy atom. The zero-order valence-corrected chi connectivity index (χ0v) is 11.0. The summed E-state index contributed by atoms with van der Waals surface area (Å²) in [4.78, 5) is 3.86. The highest BCUT2D eigenvalue weighted by Gasteiger charge is 2.28. The quantitative estimate of drug-likeness (QED) is 0.697. The average molecular weight is 273 g/mol. The number of rotatable bonds is 5. The van der Waals surface area contributed by atoms with Gasteiger partial charge < -0.3 is 0 Å². The molecule has 1 unspecified atom stereocenters. The van der Waals surface area contributed by atoms with E-state index in [2.05, 4.69) is 35.0 Å². The van der Waals surface area contributed by atoms with Gasteiger partial charge in [0, 0.05) is 14.6 Å². The Kier molecular flexibility index (Phi) is 3.67. The maximum Gasteiger partial charge on any atom is 0.0177 e. The number of halogens is 1. The van der Waals surface area contributed by atoms with Crippen LogP contribution in [0.2, 0.25) is 0 Å². The molecule has 1 heterocycles. The minimum Gasteiger partial charge on any atom is -0.145 e. The monoisotopic (exact) mass is 272 g/mol. The van der Waals surface area contributed by atoms with E-state index in [0.29, 0.717) is 0 Å². The van der Waals surface area contributed by atoms with E-state index in [1.165, 1.54) is 37.0 Å². The minimum absolute atomic E-state index is 0.773. The number of hydrogen-bond acceptors (Lipinski definition) is 1. The van der Waals surface area contributed by atoms with Crippen molar-refractivity contribution >= 4 is 27.3 Å². The molecule has 14 heavy (non-hydrogen) atoms. The summed E-state index contributed by atoms with van der Waals surface area (Å²) in [5, 5.41) is 0. The van der Waals surface area contributed by atoms with Gasteiger partial charge in [0.15, 0.2) is 0 Å². The predicted octanol–water partition coefficient (Wildman–Crippen LogP) is 4.42. The average Bonchev–Trinajstić information content (AvgIpc) is 2.94. The topological polar surface area (TPSA) is 0 Å². The van der Waals surface area contributed by atoms with Crippen molar-refractivity contribution in [1.29, 1.82) is 0 Å². The van der Waals surface area contributed by atoms with Crippen molar-refractivity contribution in [2.24, 2.45) is 5.92 Å². The SMILES string of the molecule is CCc1ccc(CCC(Br)C2CC2)s1. The van der Waals surface area contributed by atoms with E-state index in [1.54, 1.807) is 4.88 Å². The molecule has 1 atom stereocenters. The summed E-state index contributed by atoms with van der Waals surface area (Å²) in [7, 11) is 0. The molecule has 78 valence electrons. The summed E-state index contributed by atoms with van der Waals surface area (Å²) in [6.07, 6.45) is 6.65. The number of hydrogen-bond donors (Lipinski definition) is 0. The molecule has 0 aromatic carbocycles. The van der Waals surface area contributed by atoms with Crippen LogP contribution in [-0.4, -0.2) is 4.83 Å². The van der Waals surface area contributed by atoms with Crippen molar-refractivity contribution < 1.29 is 0 Å². The van der Waals surface area contributed by atoms with Gasteiger partial charge in [0.1, 0.15) is 0 Å². The molecular weight excluding hydrogens is 256 g/mol. The van der Waals surface area contributed by atoms with Crippen LogP contribution in [0, 0.1) is 5.92 Å². The lowest BCUT2D eigenvalue weighted by Crippen LogP contribution is -2.01. The Balaban J connectivity index is 1.78. The first-order valence-electron chi connectivity index (χ1n) is 5.51. The second-order valence-electron chi connectivity index (χ2n) is 4.11. The largest absolute Gasteiger partial charge is 0.145 e. The molecule has 1 saturated carbocycles. The van der Waals surface area contributed by atoms with Crippen LogP contribution in [0.1, 0.15) is 35.9 Å². The van der Waals surface area contributed by atoms with Gasteiger partial charge in [0.2, 0.25) is 0 Å². The van der Waals surface area contributed by atoms with E-state index in [4.69, 9.17) is 0 Å². The fourth-order valence-electron chi connectivity index (χ4n) is 1.72. The summed E-state index contributed by atoms with van der Waals surface area (Å²) >= 11 is 5.78. The van der Waals surface area contributed by atoms with Crippen molar-refractivity contribution in [1.82, 2.24) is 0 Å². The van der Waals surface area contributed by atoms with Gasteiger partial charge in [0.05, 0.1) is 0 Å². The molecule has 1 aromatic heterocycles. The highest BCUT2D eigenvalue weighted by Crippen LogP contribution is 2.38. The van der Waals surface area contributed by atoms with Crippen molar-refractivity contribution in [3.63, 3.8) is 0 Å². The molecule has 1 aliphatic carbocycles. The zero-order chi connectivity index (χ0) is 9.97. The maximum absolute atomic E-state index is 3.79.